The summed E-state index contributed by atoms with van der Waals surface area (Å²) < 4.78 is 1.83. The zero-order valence-electron chi connectivity index (χ0n) is 13.8. The van der Waals surface area contributed by atoms with E-state index in [1.807, 2.05) is 10.5 Å². The molecule has 0 bridgehead atoms. The van der Waals surface area contributed by atoms with Crippen LogP contribution in [-0.2, 0) is 5.60 Å². The fraction of sp³-hybridized carbons (Fsp3) is 0.316. The summed E-state index contributed by atoms with van der Waals surface area (Å²) in [6.45, 7) is 0. The van der Waals surface area contributed by atoms with Gasteiger partial charge in [0.25, 0.3) is 5.91 Å². The molecular formula is C19H17ClN4O2. The Hall–Kier alpha value is -2.44. The molecule has 2 N–H and O–H groups in total. The number of carbonyl (C=O) groups excluding carboxylic acids is 1. The first-order valence-corrected chi connectivity index (χ1v) is 8.98. The molecule has 0 spiro atoms. The first kappa shape index (κ1) is 15.8. The fourth-order valence-electron chi connectivity index (χ4n) is 4.40. The SMILES string of the molecule is O=C(NC1C2CC(O)(c3cc(Cl)cn4cncc34)CC21)c1cccnc1. The highest BCUT2D eigenvalue weighted by atomic mass is 35.5. The molecule has 0 saturated heterocycles. The second kappa shape index (κ2) is 5.53. The Morgan fingerprint density at radius 3 is 2.85 bits per heavy atom. The molecule has 2 atom stereocenters. The number of aliphatic hydroxyl groups is 1. The number of nitrogens with zero attached hydrogens (tertiary/aromatic N) is 3. The first-order chi connectivity index (χ1) is 12.5. The van der Waals surface area contributed by atoms with E-state index in [-0.39, 0.29) is 23.8 Å². The molecule has 3 aromatic rings. The molecule has 6 nitrogen and oxygen atoms in total. The molecule has 3 aromatic heterocycles. The van der Waals surface area contributed by atoms with E-state index in [1.54, 1.807) is 43.2 Å². The van der Waals surface area contributed by atoms with Gasteiger partial charge in [0.15, 0.2) is 0 Å². The molecular weight excluding hydrogens is 352 g/mol. The van der Waals surface area contributed by atoms with Crippen LogP contribution < -0.4 is 5.32 Å². The largest absolute Gasteiger partial charge is 0.385 e. The summed E-state index contributed by atoms with van der Waals surface area (Å²) in [5.74, 6) is 0.451. The predicted octanol–water partition coefficient (Wildman–Crippen LogP) is 2.41. The van der Waals surface area contributed by atoms with Crippen LogP contribution in [0.2, 0.25) is 5.02 Å². The van der Waals surface area contributed by atoms with Gasteiger partial charge in [-0.25, -0.2) is 4.98 Å². The van der Waals surface area contributed by atoms with Crippen molar-refractivity contribution in [2.45, 2.75) is 24.5 Å². The van der Waals surface area contributed by atoms with Crippen molar-refractivity contribution in [1.29, 1.82) is 0 Å². The predicted molar refractivity (Wildman–Crippen MR) is 95.8 cm³/mol. The number of carbonyl (C=O) groups is 1. The maximum Gasteiger partial charge on any atom is 0.253 e. The Bertz CT molecular complexity index is 991. The van der Waals surface area contributed by atoms with Gasteiger partial charge in [0, 0.05) is 30.2 Å². The quantitative estimate of drug-likeness (QED) is 0.744. The topological polar surface area (TPSA) is 79.5 Å². The molecule has 7 heteroatoms. The van der Waals surface area contributed by atoms with Crippen LogP contribution in [0.3, 0.4) is 0 Å². The molecule has 0 radical (unpaired) electrons. The van der Waals surface area contributed by atoms with E-state index < -0.39 is 5.60 Å². The van der Waals surface area contributed by atoms with Gasteiger partial charge in [0.1, 0.15) is 0 Å². The number of rotatable bonds is 3. The van der Waals surface area contributed by atoms with E-state index in [2.05, 4.69) is 15.3 Å². The smallest absolute Gasteiger partial charge is 0.253 e. The third kappa shape index (κ3) is 2.40. The molecule has 1 amide bonds. The van der Waals surface area contributed by atoms with Crippen LogP contribution in [0.25, 0.3) is 5.52 Å². The number of imidazole rings is 1. The van der Waals surface area contributed by atoms with Gasteiger partial charge < -0.3 is 14.8 Å². The van der Waals surface area contributed by atoms with Crippen LogP contribution in [0, 0.1) is 11.8 Å². The molecule has 2 unspecified atom stereocenters. The van der Waals surface area contributed by atoms with Crippen molar-refractivity contribution in [3.05, 3.63) is 65.5 Å². The number of fused-ring (bicyclic) bond motifs is 2. The summed E-state index contributed by atoms with van der Waals surface area (Å²) in [4.78, 5) is 20.4. The summed E-state index contributed by atoms with van der Waals surface area (Å²) in [6, 6.07) is 5.44. The lowest BCUT2D eigenvalue weighted by Gasteiger charge is -2.27. The highest BCUT2D eigenvalue weighted by molar-refractivity contribution is 6.30. The van der Waals surface area contributed by atoms with Gasteiger partial charge in [0.2, 0.25) is 0 Å². The molecule has 5 rings (SSSR count). The van der Waals surface area contributed by atoms with Gasteiger partial charge in [-0.05, 0) is 42.9 Å². The van der Waals surface area contributed by atoms with Crippen LogP contribution in [-0.4, -0.2) is 31.4 Å². The van der Waals surface area contributed by atoms with E-state index in [0.29, 0.717) is 23.4 Å². The number of pyridine rings is 2. The molecule has 2 aliphatic carbocycles. The van der Waals surface area contributed by atoms with Gasteiger partial charge in [-0.2, -0.15) is 0 Å². The lowest BCUT2D eigenvalue weighted by Crippen LogP contribution is -2.33. The Labute approximate surface area is 154 Å². The van der Waals surface area contributed by atoms with Gasteiger partial charge in [0.05, 0.1) is 34.2 Å². The molecule has 132 valence electrons. The summed E-state index contributed by atoms with van der Waals surface area (Å²) in [6.07, 6.45) is 9.63. The average Bonchev–Trinajstić information content (AvgIpc) is 3.01. The molecule has 26 heavy (non-hydrogen) atoms. The number of hydrogen-bond acceptors (Lipinski definition) is 4. The summed E-state index contributed by atoms with van der Waals surface area (Å²) >= 11 is 6.21. The standard InChI is InChI=1S/C19H17ClN4O2/c20-12-4-15(16-8-22-10-24(16)9-12)19(26)5-13-14(6-19)17(13)23-18(25)11-2-1-3-21-7-11/h1-4,7-10,13-14,17,26H,5-6H2,(H,23,25). The van der Waals surface area contributed by atoms with E-state index in [1.165, 1.54) is 0 Å². The fourth-order valence-corrected chi connectivity index (χ4v) is 4.62. The molecule has 0 aliphatic heterocycles. The van der Waals surface area contributed by atoms with Crippen LogP contribution in [0.1, 0.15) is 28.8 Å². The van der Waals surface area contributed by atoms with Crippen molar-refractivity contribution in [3.8, 4) is 0 Å². The molecule has 2 fully saturated rings. The normalized spacial score (nSPS) is 29.5. The van der Waals surface area contributed by atoms with E-state index >= 15 is 0 Å². The van der Waals surface area contributed by atoms with E-state index in [4.69, 9.17) is 11.6 Å². The van der Waals surface area contributed by atoms with Crippen LogP contribution in [0.15, 0.2) is 49.3 Å². The summed E-state index contributed by atoms with van der Waals surface area (Å²) in [5, 5.41) is 14.9. The third-order valence-electron chi connectivity index (χ3n) is 5.69. The Kier molecular flexibility index (Phi) is 3.36. The van der Waals surface area contributed by atoms with Crippen LogP contribution in [0.4, 0.5) is 0 Å². The van der Waals surface area contributed by atoms with Crippen LogP contribution in [0.5, 0.6) is 0 Å². The number of nitrogens with one attached hydrogen (secondary N) is 1. The second-order valence-corrected chi connectivity index (χ2v) is 7.70. The molecule has 2 aliphatic rings. The zero-order valence-corrected chi connectivity index (χ0v) is 14.6. The van der Waals surface area contributed by atoms with Crippen LogP contribution >= 0.6 is 11.6 Å². The number of hydrogen-bond donors (Lipinski definition) is 2. The maximum atomic E-state index is 12.3. The minimum absolute atomic E-state index is 0.109. The molecule has 2 saturated carbocycles. The number of amides is 1. The average molecular weight is 369 g/mol. The lowest BCUT2D eigenvalue weighted by atomic mass is 9.88. The Balaban J connectivity index is 1.34. The third-order valence-corrected chi connectivity index (χ3v) is 5.89. The summed E-state index contributed by atoms with van der Waals surface area (Å²) in [7, 11) is 0. The lowest BCUT2D eigenvalue weighted by molar-refractivity contribution is 0.0289. The minimum Gasteiger partial charge on any atom is -0.385 e. The van der Waals surface area contributed by atoms with E-state index in [0.717, 1.165) is 11.1 Å². The highest BCUT2D eigenvalue weighted by Crippen LogP contribution is 2.60. The molecule has 3 heterocycles. The van der Waals surface area contributed by atoms with Crippen molar-refractivity contribution >= 4 is 23.0 Å². The van der Waals surface area contributed by atoms with E-state index in [9.17, 15) is 9.90 Å². The number of aromatic nitrogens is 3. The van der Waals surface area contributed by atoms with Crippen molar-refractivity contribution in [1.82, 2.24) is 19.7 Å². The van der Waals surface area contributed by atoms with Gasteiger partial charge in [-0.15, -0.1) is 0 Å². The highest BCUT2D eigenvalue weighted by Gasteiger charge is 2.62. The van der Waals surface area contributed by atoms with Gasteiger partial charge in [-0.3, -0.25) is 9.78 Å². The second-order valence-electron chi connectivity index (χ2n) is 7.27. The van der Waals surface area contributed by atoms with Gasteiger partial charge >= 0.3 is 0 Å². The summed E-state index contributed by atoms with van der Waals surface area (Å²) in [5.41, 5.74) is 1.31. The van der Waals surface area contributed by atoms with Crippen molar-refractivity contribution in [3.63, 3.8) is 0 Å². The van der Waals surface area contributed by atoms with Gasteiger partial charge in [-0.1, -0.05) is 11.6 Å². The monoisotopic (exact) mass is 368 g/mol. The Morgan fingerprint density at radius 1 is 1.31 bits per heavy atom. The molecule has 0 aromatic carbocycles. The van der Waals surface area contributed by atoms with Crippen molar-refractivity contribution in [2.24, 2.45) is 11.8 Å². The maximum absolute atomic E-state index is 12.3. The number of halogens is 1. The Morgan fingerprint density at radius 2 is 2.12 bits per heavy atom. The van der Waals surface area contributed by atoms with Crippen molar-refractivity contribution < 1.29 is 9.90 Å². The zero-order chi connectivity index (χ0) is 17.9. The van der Waals surface area contributed by atoms with Crippen molar-refractivity contribution in [2.75, 3.05) is 0 Å². The minimum atomic E-state index is -0.933. The first-order valence-electron chi connectivity index (χ1n) is 8.60.